The van der Waals surface area contributed by atoms with Crippen LogP contribution in [0.1, 0.15) is 44.3 Å². The van der Waals surface area contributed by atoms with E-state index in [4.69, 9.17) is 16.0 Å². The Kier molecular flexibility index (Phi) is 5.30. The molecule has 0 bridgehead atoms. The summed E-state index contributed by atoms with van der Waals surface area (Å²) >= 11 is 6.35. The van der Waals surface area contributed by atoms with E-state index >= 15 is 0 Å². The summed E-state index contributed by atoms with van der Waals surface area (Å²) in [6.45, 7) is 2.67. The molecule has 1 aliphatic heterocycles. The lowest BCUT2D eigenvalue weighted by Gasteiger charge is -2.28. The Hall–Kier alpha value is -2.10. The molecule has 3 aromatic rings. The van der Waals surface area contributed by atoms with E-state index in [0.717, 1.165) is 19.3 Å². The Morgan fingerprint density at radius 2 is 2.07 bits per heavy atom. The number of aryl methyl sites for hydroxylation is 2. The zero-order valence-corrected chi connectivity index (χ0v) is 17.9. The van der Waals surface area contributed by atoms with E-state index < -0.39 is 21.8 Å². The third-order valence-corrected chi connectivity index (χ3v) is 7.59. The van der Waals surface area contributed by atoms with E-state index in [0.29, 0.717) is 35.7 Å². The number of hydrogen-bond acceptors (Lipinski definition) is 5. The molecule has 0 aliphatic carbocycles. The molecule has 156 valence electrons. The van der Waals surface area contributed by atoms with Crippen LogP contribution in [-0.4, -0.2) is 33.6 Å². The second-order valence-corrected chi connectivity index (χ2v) is 9.56. The maximum atomic E-state index is 13.6. The van der Waals surface area contributed by atoms with Gasteiger partial charge in [-0.25, -0.2) is 13.2 Å². The summed E-state index contributed by atoms with van der Waals surface area (Å²) in [5.41, 5.74) is 1.42. The van der Waals surface area contributed by atoms with Gasteiger partial charge in [0.15, 0.2) is 5.58 Å². The highest BCUT2D eigenvalue weighted by Crippen LogP contribution is 2.37. The number of benzene rings is 1. The Labute approximate surface area is 173 Å². The second-order valence-electron chi connectivity index (χ2n) is 7.26. The Morgan fingerprint density at radius 1 is 1.28 bits per heavy atom. The van der Waals surface area contributed by atoms with E-state index in [9.17, 15) is 13.2 Å². The lowest BCUT2D eigenvalue weighted by Crippen LogP contribution is -2.35. The normalized spacial score (nSPS) is 18.9. The molecular formula is C19H23ClN4O4S. The molecule has 8 nitrogen and oxygen atoms in total. The number of rotatable bonds is 4. The monoisotopic (exact) mass is 438 g/mol. The zero-order chi connectivity index (χ0) is 20.8. The summed E-state index contributed by atoms with van der Waals surface area (Å²) in [7, 11) is -2.07. The van der Waals surface area contributed by atoms with Gasteiger partial charge in [-0.1, -0.05) is 24.4 Å². The van der Waals surface area contributed by atoms with Crippen LogP contribution in [-0.2, 0) is 23.6 Å². The molecule has 1 fully saturated rings. The minimum atomic E-state index is -3.84. The number of aromatic nitrogens is 3. The fourth-order valence-electron chi connectivity index (χ4n) is 3.99. The number of fused-ring (bicyclic) bond motifs is 1. The number of halogens is 1. The van der Waals surface area contributed by atoms with Crippen LogP contribution in [0.25, 0.3) is 11.1 Å². The summed E-state index contributed by atoms with van der Waals surface area (Å²) < 4.78 is 37.0. The molecule has 4 rings (SSSR count). The van der Waals surface area contributed by atoms with E-state index in [-0.39, 0.29) is 10.5 Å². The van der Waals surface area contributed by atoms with Gasteiger partial charge in [-0.3, -0.25) is 9.25 Å². The number of hydrogen-bond donors (Lipinski definition) is 0. The van der Waals surface area contributed by atoms with Gasteiger partial charge in [0.05, 0.1) is 27.2 Å². The fraction of sp³-hybridized carbons (Fsp3) is 0.474. The minimum Gasteiger partial charge on any atom is -0.408 e. The molecule has 3 heterocycles. The van der Waals surface area contributed by atoms with Crippen molar-refractivity contribution in [2.75, 3.05) is 6.54 Å². The molecule has 0 amide bonds. The van der Waals surface area contributed by atoms with Crippen molar-refractivity contribution < 1.29 is 12.8 Å². The van der Waals surface area contributed by atoms with Gasteiger partial charge in [0, 0.05) is 32.4 Å². The van der Waals surface area contributed by atoms with Crippen LogP contribution in [0.15, 0.2) is 38.5 Å². The fourth-order valence-corrected chi connectivity index (χ4v) is 5.97. The standard InChI is InChI=1S/C19H23ClN4O4S/c1-3-23-15-9-8-13(11-17(15)28-19(23)25)29(26,27)24-10-6-4-5-7-16(24)18-14(20)12-22(2)21-18/h8-9,11-12,16H,3-7,10H2,1-2H3. The lowest BCUT2D eigenvalue weighted by molar-refractivity contribution is 0.321. The average Bonchev–Trinajstić information content (AvgIpc) is 3.05. The maximum absolute atomic E-state index is 13.6. The predicted molar refractivity (Wildman–Crippen MR) is 109 cm³/mol. The Bertz CT molecular complexity index is 1210. The van der Waals surface area contributed by atoms with Gasteiger partial charge in [-0.05, 0) is 31.9 Å². The van der Waals surface area contributed by atoms with Gasteiger partial charge in [-0.15, -0.1) is 0 Å². The Morgan fingerprint density at radius 3 is 2.76 bits per heavy atom. The number of sulfonamides is 1. The highest BCUT2D eigenvalue weighted by Gasteiger charge is 2.36. The molecule has 0 saturated carbocycles. The van der Waals surface area contributed by atoms with Crippen molar-refractivity contribution in [3.63, 3.8) is 0 Å². The molecule has 1 atom stereocenters. The molecule has 29 heavy (non-hydrogen) atoms. The summed E-state index contributed by atoms with van der Waals surface area (Å²) in [6.07, 6.45) is 4.95. The van der Waals surface area contributed by atoms with Crippen LogP contribution in [0, 0.1) is 0 Å². The van der Waals surface area contributed by atoms with Crippen molar-refractivity contribution in [1.29, 1.82) is 0 Å². The molecule has 2 aromatic heterocycles. The third kappa shape index (κ3) is 3.51. The molecule has 0 radical (unpaired) electrons. The highest BCUT2D eigenvalue weighted by atomic mass is 35.5. The summed E-state index contributed by atoms with van der Waals surface area (Å²) in [6, 6.07) is 4.15. The Balaban J connectivity index is 1.80. The molecule has 0 spiro atoms. The van der Waals surface area contributed by atoms with Gasteiger partial charge >= 0.3 is 5.76 Å². The smallest absolute Gasteiger partial charge is 0.408 e. The van der Waals surface area contributed by atoms with Gasteiger partial charge in [-0.2, -0.15) is 9.40 Å². The third-order valence-electron chi connectivity index (χ3n) is 5.39. The molecule has 1 saturated heterocycles. The van der Waals surface area contributed by atoms with Crippen molar-refractivity contribution in [2.24, 2.45) is 7.05 Å². The first-order chi connectivity index (χ1) is 13.8. The maximum Gasteiger partial charge on any atom is 0.419 e. The van der Waals surface area contributed by atoms with Crippen LogP contribution in [0.3, 0.4) is 0 Å². The second kappa shape index (κ2) is 7.62. The van der Waals surface area contributed by atoms with Crippen molar-refractivity contribution in [1.82, 2.24) is 18.7 Å². The van der Waals surface area contributed by atoms with Crippen LogP contribution in [0.5, 0.6) is 0 Å². The average molecular weight is 439 g/mol. The predicted octanol–water partition coefficient (Wildman–Crippen LogP) is 3.31. The van der Waals surface area contributed by atoms with E-state index in [2.05, 4.69) is 5.10 Å². The van der Waals surface area contributed by atoms with Crippen molar-refractivity contribution in [3.8, 4) is 0 Å². The van der Waals surface area contributed by atoms with Gasteiger partial charge in [0.25, 0.3) is 0 Å². The lowest BCUT2D eigenvalue weighted by atomic mass is 10.1. The molecule has 1 unspecified atom stereocenters. The molecule has 1 aliphatic rings. The molecule has 10 heteroatoms. The topological polar surface area (TPSA) is 90.3 Å². The summed E-state index contributed by atoms with van der Waals surface area (Å²) in [4.78, 5) is 12.1. The van der Waals surface area contributed by atoms with Gasteiger partial charge < -0.3 is 4.42 Å². The summed E-state index contributed by atoms with van der Waals surface area (Å²) in [5.74, 6) is -0.495. The largest absolute Gasteiger partial charge is 0.419 e. The van der Waals surface area contributed by atoms with E-state index in [1.807, 2.05) is 6.92 Å². The summed E-state index contributed by atoms with van der Waals surface area (Å²) in [5, 5.41) is 4.88. The number of oxazole rings is 1. The number of nitrogens with zero attached hydrogens (tertiary/aromatic N) is 4. The van der Waals surface area contributed by atoms with E-state index in [1.54, 1.807) is 24.0 Å². The van der Waals surface area contributed by atoms with Crippen LogP contribution < -0.4 is 5.76 Å². The SMILES string of the molecule is CCn1c(=O)oc2cc(S(=O)(=O)N3CCCCCC3c3nn(C)cc3Cl)ccc21. The first kappa shape index (κ1) is 20.2. The van der Waals surface area contributed by atoms with Crippen molar-refractivity contribution >= 4 is 32.7 Å². The van der Waals surface area contributed by atoms with Crippen LogP contribution in [0.4, 0.5) is 0 Å². The quantitative estimate of drug-likeness (QED) is 0.623. The molecule has 0 N–H and O–H groups in total. The van der Waals surface area contributed by atoms with E-state index in [1.165, 1.54) is 21.0 Å². The highest BCUT2D eigenvalue weighted by molar-refractivity contribution is 7.89. The van der Waals surface area contributed by atoms with Crippen LogP contribution in [0.2, 0.25) is 5.02 Å². The first-order valence-corrected chi connectivity index (χ1v) is 11.5. The zero-order valence-electron chi connectivity index (χ0n) is 16.3. The molecular weight excluding hydrogens is 416 g/mol. The minimum absolute atomic E-state index is 0.0981. The van der Waals surface area contributed by atoms with Crippen LogP contribution >= 0.6 is 11.6 Å². The first-order valence-electron chi connectivity index (χ1n) is 9.67. The molecule has 1 aromatic carbocycles. The van der Waals surface area contributed by atoms with Gasteiger partial charge in [0.2, 0.25) is 10.0 Å². The van der Waals surface area contributed by atoms with Crippen molar-refractivity contribution in [2.45, 2.75) is 50.1 Å². The van der Waals surface area contributed by atoms with Gasteiger partial charge in [0.1, 0.15) is 0 Å². The van der Waals surface area contributed by atoms with Crippen molar-refractivity contribution in [3.05, 3.63) is 45.7 Å².